The number of thiocarbonyl (C=S) groups is 1. The van der Waals surface area contributed by atoms with Crippen LogP contribution in [-0.2, 0) is 9.59 Å². The third-order valence-electron chi connectivity index (χ3n) is 4.28. The van der Waals surface area contributed by atoms with Gasteiger partial charge in [-0.1, -0.05) is 32.0 Å². The highest BCUT2D eigenvalue weighted by Crippen LogP contribution is 2.47. The van der Waals surface area contributed by atoms with Gasteiger partial charge in [-0.05, 0) is 24.7 Å². The number of rotatable bonds is 3. The number of piperidine rings is 1. The lowest BCUT2D eigenvalue weighted by molar-refractivity contribution is -0.154. The van der Waals surface area contributed by atoms with Crippen molar-refractivity contribution in [2.45, 2.75) is 57.9 Å². The summed E-state index contributed by atoms with van der Waals surface area (Å²) in [6, 6.07) is -0.404. The summed E-state index contributed by atoms with van der Waals surface area (Å²) in [7, 11) is 0. The van der Waals surface area contributed by atoms with Gasteiger partial charge in [0, 0.05) is 12.8 Å². The molecule has 2 amide bonds. The van der Waals surface area contributed by atoms with Crippen molar-refractivity contribution in [1.29, 1.82) is 0 Å². The Morgan fingerprint density at radius 1 is 1.33 bits per heavy atom. The van der Waals surface area contributed by atoms with Crippen molar-refractivity contribution in [2.24, 2.45) is 11.1 Å². The standard InChI is InChI=1S/C13H20N2O2S/c1-2-9(12(14)18)15-10(16)7-13(8-11(15)17)5-3-4-6-13/h9H,2-8H2,1H3,(H2,14,18). The molecule has 1 heterocycles. The van der Waals surface area contributed by atoms with Gasteiger partial charge in [0.15, 0.2) is 0 Å². The highest BCUT2D eigenvalue weighted by Gasteiger charge is 2.46. The van der Waals surface area contributed by atoms with Gasteiger partial charge in [-0.15, -0.1) is 0 Å². The van der Waals surface area contributed by atoms with E-state index in [1.54, 1.807) is 0 Å². The molecule has 1 atom stereocenters. The second-order valence-corrected chi connectivity index (χ2v) is 6.02. The van der Waals surface area contributed by atoms with Gasteiger partial charge in [0.2, 0.25) is 11.8 Å². The number of amides is 2. The fraction of sp³-hybridized carbons (Fsp3) is 0.769. The summed E-state index contributed by atoms with van der Waals surface area (Å²) in [5, 5.41) is 0. The van der Waals surface area contributed by atoms with E-state index in [1.807, 2.05) is 6.92 Å². The molecule has 4 nitrogen and oxygen atoms in total. The van der Waals surface area contributed by atoms with Gasteiger partial charge in [0.05, 0.1) is 11.0 Å². The Hall–Kier alpha value is -0.970. The maximum Gasteiger partial charge on any atom is 0.230 e. The van der Waals surface area contributed by atoms with Crippen molar-refractivity contribution in [2.75, 3.05) is 0 Å². The SMILES string of the molecule is CCC(C(N)=S)N1C(=O)CC2(CCCC2)CC1=O. The second kappa shape index (κ2) is 4.96. The van der Waals surface area contributed by atoms with Gasteiger partial charge in [-0.2, -0.15) is 0 Å². The second-order valence-electron chi connectivity index (χ2n) is 5.54. The molecule has 18 heavy (non-hydrogen) atoms. The minimum atomic E-state index is -0.404. The maximum absolute atomic E-state index is 12.3. The van der Waals surface area contributed by atoms with Crippen LogP contribution in [-0.4, -0.2) is 27.7 Å². The molecule has 2 rings (SSSR count). The van der Waals surface area contributed by atoms with Crippen LogP contribution in [0.3, 0.4) is 0 Å². The molecule has 0 aromatic rings. The molecule has 100 valence electrons. The number of likely N-dealkylation sites (tertiary alicyclic amines) is 1. The molecule has 0 bridgehead atoms. The summed E-state index contributed by atoms with van der Waals surface area (Å²) in [5.41, 5.74) is 5.58. The first-order valence-electron chi connectivity index (χ1n) is 6.63. The summed E-state index contributed by atoms with van der Waals surface area (Å²) in [6.45, 7) is 1.89. The molecule has 2 fully saturated rings. The fourth-order valence-electron chi connectivity index (χ4n) is 3.35. The molecule has 1 saturated heterocycles. The Labute approximate surface area is 113 Å². The summed E-state index contributed by atoms with van der Waals surface area (Å²) < 4.78 is 0. The molecule has 1 aliphatic heterocycles. The molecule has 0 aromatic carbocycles. The van der Waals surface area contributed by atoms with E-state index in [4.69, 9.17) is 18.0 Å². The van der Waals surface area contributed by atoms with E-state index in [0.717, 1.165) is 25.7 Å². The molecule has 1 saturated carbocycles. The molecular weight excluding hydrogens is 248 g/mol. The Morgan fingerprint density at radius 3 is 2.22 bits per heavy atom. The number of hydrogen-bond donors (Lipinski definition) is 1. The minimum Gasteiger partial charge on any atom is -0.392 e. The zero-order chi connectivity index (χ0) is 13.3. The van der Waals surface area contributed by atoms with Gasteiger partial charge in [-0.3, -0.25) is 14.5 Å². The van der Waals surface area contributed by atoms with Crippen LogP contribution < -0.4 is 5.73 Å². The molecule has 5 heteroatoms. The average molecular weight is 268 g/mol. The van der Waals surface area contributed by atoms with Crippen LogP contribution >= 0.6 is 12.2 Å². The summed E-state index contributed by atoms with van der Waals surface area (Å²) >= 11 is 4.96. The van der Waals surface area contributed by atoms with E-state index >= 15 is 0 Å². The van der Waals surface area contributed by atoms with Crippen LogP contribution in [0.5, 0.6) is 0 Å². The van der Waals surface area contributed by atoms with Crippen molar-refractivity contribution in [1.82, 2.24) is 4.90 Å². The fourth-order valence-corrected chi connectivity index (χ4v) is 3.62. The Morgan fingerprint density at radius 2 is 1.83 bits per heavy atom. The largest absolute Gasteiger partial charge is 0.392 e. The Kier molecular flexibility index (Phi) is 3.71. The summed E-state index contributed by atoms with van der Waals surface area (Å²) in [6.07, 6.45) is 5.83. The maximum atomic E-state index is 12.3. The highest BCUT2D eigenvalue weighted by atomic mass is 32.1. The zero-order valence-electron chi connectivity index (χ0n) is 10.8. The van der Waals surface area contributed by atoms with Gasteiger partial charge in [0.25, 0.3) is 0 Å². The van der Waals surface area contributed by atoms with Crippen molar-refractivity contribution < 1.29 is 9.59 Å². The van der Waals surface area contributed by atoms with E-state index in [0.29, 0.717) is 19.3 Å². The van der Waals surface area contributed by atoms with Gasteiger partial charge in [-0.25, -0.2) is 0 Å². The van der Waals surface area contributed by atoms with Gasteiger partial charge < -0.3 is 5.73 Å². The van der Waals surface area contributed by atoms with E-state index in [2.05, 4.69) is 0 Å². The van der Waals surface area contributed by atoms with Crippen LogP contribution in [0.15, 0.2) is 0 Å². The number of carbonyl (C=O) groups excluding carboxylic acids is 2. The first-order chi connectivity index (χ1) is 8.49. The molecule has 2 aliphatic rings. The molecule has 0 radical (unpaired) electrons. The number of hydrogen-bond acceptors (Lipinski definition) is 3. The first kappa shape index (κ1) is 13.5. The average Bonchev–Trinajstić information content (AvgIpc) is 2.70. The monoisotopic (exact) mass is 268 g/mol. The third-order valence-corrected chi connectivity index (χ3v) is 4.55. The number of nitrogens with two attached hydrogens (primary N) is 1. The van der Waals surface area contributed by atoms with Crippen LogP contribution in [0, 0.1) is 5.41 Å². The van der Waals surface area contributed by atoms with E-state index < -0.39 is 6.04 Å². The smallest absolute Gasteiger partial charge is 0.230 e. The molecule has 0 aromatic heterocycles. The van der Waals surface area contributed by atoms with Crippen molar-refractivity contribution in [3.8, 4) is 0 Å². The number of imide groups is 1. The van der Waals surface area contributed by atoms with Crippen LogP contribution in [0.1, 0.15) is 51.9 Å². The third kappa shape index (κ3) is 2.28. The lowest BCUT2D eigenvalue weighted by atomic mass is 9.76. The van der Waals surface area contributed by atoms with Crippen LogP contribution in [0.25, 0.3) is 0 Å². The Bertz CT molecular complexity index is 368. The Balaban J connectivity index is 2.18. The minimum absolute atomic E-state index is 0.0564. The highest BCUT2D eigenvalue weighted by molar-refractivity contribution is 7.80. The van der Waals surface area contributed by atoms with Crippen molar-refractivity contribution in [3.63, 3.8) is 0 Å². The van der Waals surface area contributed by atoms with Crippen LogP contribution in [0.4, 0.5) is 0 Å². The lowest BCUT2D eigenvalue weighted by Gasteiger charge is -2.40. The van der Waals surface area contributed by atoms with Crippen LogP contribution in [0.2, 0.25) is 0 Å². The molecule has 2 N–H and O–H groups in total. The predicted octanol–water partition coefficient (Wildman–Crippen LogP) is 1.76. The molecule has 1 aliphatic carbocycles. The van der Waals surface area contributed by atoms with E-state index in [-0.39, 0.29) is 22.2 Å². The van der Waals surface area contributed by atoms with E-state index in [1.165, 1.54) is 4.90 Å². The first-order valence-corrected chi connectivity index (χ1v) is 7.04. The lowest BCUT2D eigenvalue weighted by Crippen LogP contribution is -2.55. The van der Waals surface area contributed by atoms with E-state index in [9.17, 15) is 9.59 Å². The topological polar surface area (TPSA) is 63.4 Å². The van der Waals surface area contributed by atoms with Gasteiger partial charge >= 0.3 is 0 Å². The number of nitrogens with zero attached hydrogens (tertiary/aromatic N) is 1. The summed E-state index contributed by atoms with van der Waals surface area (Å²) in [4.78, 5) is 26.1. The zero-order valence-corrected chi connectivity index (χ0v) is 11.6. The van der Waals surface area contributed by atoms with Gasteiger partial charge in [0.1, 0.15) is 0 Å². The number of carbonyl (C=O) groups is 2. The molecule has 1 unspecified atom stereocenters. The quantitative estimate of drug-likeness (QED) is 0.626. The summed E-state index contributed by atoms with van der Waals surface area (Å²) in [5.74, 6) is -0.180. The van der Waals surface area contributed by atoms with Crippen molar-refractivity contribution >= 4 is 29.0 Å². The van der Waals surface area contributed by atoms with Crippen molar-refractivity contribution in [3.05, 3.63) is 0 Å². The molecule has 1 spiro atoms. The predicted molar refractivity (Wildman–Crippen MR) is 72.9 cm³/mol. The normalized spacial score (nSPS) is 24.6. The molecular formula is C13H20N2O2S.